The highest BCUT2D eigenvalue weighted by molar-refractivity contribution is 5.85. The number of hydrogen-bond donors (Lipinski definition) is 1. The highest BCUT2D eigenvalue weighted by Gasteiger charge is 2.22. The second-order valence-electron chi connectivity index (χ2n) is 7.28. The van der Waals surface area contributed by atoms with E-state index in [9.17, 15) is 0 Å². The fraction of sp³-hybridized carbons (Fsp3) is 0.360. The van der Waals surface area contributed by atoms with Gasteiger partial charge in [-0.05, 0) is 45.2 Å². The summed E-state index contributed by atoms with van der Waals surface area (Å²) in [5.41, 5.74) is 5.11. The molecule has 0 aliphatic heterocycles. The van der Waals surface area contributed by atoms with E-state index in [1.54, 1.807) is 7.11 Å². The van der Waals surface area contributed by atoms with E-state index in [4.69, 9.17) is 23.9 Å². The van der Waals surface area contributed by atoms with Crippen molar-refractivity contribution in [1.29, 1.82) is 0 Å². The zero-order valence-electron chi connectivity index (χ0n) is 19.4. The highest BCUT2D eigenvalue weighted by Crippen LogP contribution is 2.42. The Bertz CT molecular complexity index is 1080. The van der Waals surface area contributed by atoms with Crippen molar-refractivity contribution < 1.29 is 18.9 Å². The van der Waals surface area contributed by atoms with E-state index in [1.165, 1.54) is 5.56 Å². The number of nitrogens with zero attached hydrogens (tertiary/aromatic N) is 2. The van der Waals surface area contributed by atoms with Crippen molar-refractivity contribution in [3.05, 3.63) is 47.7 Å². The Morgan fingerprint density at radius 2 is 1.61 bits per heavy atom. The first kappa shape index (κ1) is 24.5. The molecule has 1 aliphatic carbocycles. The summed E-state index contributed by atoms with van der Waals surface area (Å²) in [6.45, 7) is 7.37. The quantitative estimate of drug-likeness (QED) is 0.434. The maximum Gasteiger partial charge on any atom is 0.227 e. The van der Waals surface area contributed by atoms with Gasteiger partial charge in [-0.15, -0.1) is 12.4 Å². The molecular weight excluding hydrogens is 442 g/mol. The highest BCUT2D eigenvalue weighted by atomic mass is 35.5. The number of rotatable bonds is 9. The molecule has 0 saturated heterocycles. The number of methoxy groups -OCH3 is 1. The van der Waals surface area contributed by atoms with Gasteiger partial charge in [0.1, 0.15) is 5.75 Å². The molecule has 3 aromatic rings. The second-order valence-corrected chi connectivity index (χ2v) is 7.28. The van der Waals surface area contributed by atoms with Crippen LogP contribution < -0.4 is 24.3 Å². The normalized spacial score (nSPS) is 11.5. The van der Waals surface area contributed by atoms with Crippen LogP contribution in [-0.2, 0) is 12.8 Å². The van der Waals surface area contributed by atoms with Gasteiger partial charge in [0.15, 0.2) is 11.5 Å². The third-order valence-corrected chi connectivity index (χ3v) is 5.28. The number of nitrogens with one attached hydrogen (secondary N) is 1. The molecule has 1 aliphatic rings. The molecule has 4 rings (SSSR count). The maximum atomic E-state index is 5.82. The Morgan fingerprint density at radius 3 is 2.24 bits per heavy atom. The first-order valence-corrected chi connectivity index (χ1v) is 11.0. The number of aryl methyl sites for hydroxylation is 1. The van der Waals surface area contributed by atoms with E-state index in [-0.39, 0.29) is 12.4 Å². The van der Waals surface area contributed by atoms with Crippen LogP contribution in [-0.4, -0.2) is 36.9 Å². The first-order chi connectivity index (χ1) is 15.7. The van der Waals surface area contributed by atoms with Gasteiger partial charge < -0.3 is 24.3 Å². The molecule has 176 valence electrons. The number of hydrogen-bond acceptors (Lipinski definition) is 7. The minimum Gasteiger partial charge on any atom is -0.496 e. The molecule has 0 fully saturated rings. The summed E-state index contributed by atoms with van der Waals surface area (Å²) in [6.07, 6.45) is 3.69. The number of aromatic nitrogens is 2. The molecule has 1 aromatic heterocycles. The van der Waals surface area contributed by atoms with E-state index in [2.05, 4.69) is 16.4 Å². The van der Waals surface area contributed by atoms with Crippen LogP contribution in [0.15, 0.2) is 36.5 Å². The van der Waals surface area contributed by atoms with Crippen molar-refractivity contribution in [1.82, 2.24) is 9.97 Å². The Balaban J connectivity index is 0.00000306. The topological polar surface area (TPSA) is 74.7 Å². The molecule has 0 amide bonds. The van der Waals surface area contributed by atoms with Gasteiger partial charge in [-0.25, -0.2) is 9.97 Å². The monoisotopic (exact) mass is 471 g/mol. The van der Waals surface area contributed by atoms with Gasteiger partial charge in [-0.1, -0.05) is 12.1 Å². The fourth-order valence-electron chi connectivity index (χ4n) is 3.97. The van der Waals surface area contributed by atoms with Gasteiger partial charge in [-0.3, -0.25) is 0 Å². The van der Waals surface area contributed by atoms with Crippen LogP contribution >= 0.6 is 12.4 Å². The molecule has 1 heterocycles. The lowest BCUT2D eigenvalue weighted by atomic mass is 9.89. The minimum absolute atomic E-state index is 0. The van der Waals surface area contributed by atoms with Crippen molar-refractivity contribution in [2.75, 3.05) is 32.2 Å². The van der Waals surface area contributed by atoms with Gasteiger partial charge in [-0.2, -0.15) is 0 Å². The van der Waals surface area contributed by atoms with Crippen molar-refractivity contribution >= 4 is 24.0 Å². The molecule has 0 radical (unpaired) electrons. The third-order valence-electron chi connectivity index (χ3n) is 5.28. The molecule has 0 spiro atoms. The Kier molecular flexibility index (Phi) is 8.22. The van der Waals surface area contributed by atoms with Crippen LogP contribution in [0.2, 0.25) is 0 Å². The van der Waals surface area contributed by atoms with Gasteiger partial charge in [0.2, 0.25) is 11.7 Å². The summed E-state index contributed by atoms with van der Waals surface area (Å²) in [5.74, 6) is 3.25. The largest absolute Gasteiger partial charge is 0.496 e. The molecule has 8 heteroatoms. The van der Waals surface area contributed by atoms with Crippen LogP contribution in [0.25, 0.3) is 11.3 Å². The number of benzene rings is 2. The minimum atomic E-state index is 0. The van der Waals surface area contributed by atoms with Crippen molar-refractivity contribution in [3.63, 3.8) is 0 Å². The van der Waals surface area contributed by atoms with Crippen LogP contribution in [0.1, 0.15) is 31.9 Å². The summed E-state index contributed by atoms with van der Waals surface area (Å²) < 4.78 is 23.0. The average Bonchev–Trinajstić information content (AvgIpc) is 2.81. The molecule has 7 nitrogen and oxygen atoms in total. The van der Waals surface area contributed by atoms with Gasteiger partial charge >= 0.3 is 0 Å². The van der Waals surface area contributed by atoms with Crippen molar-refractivity contribution in [2.45, 2.75) is 33.6 Å². The average molecular weight is 472 g/mol. The fourth-order valence-corrected chi connectivity index (χ4v) is 3.97. The predicted molar refractivity (Wildman–Crippen MR) is 132 cm³/mol. The summed E-state index contributed by atoms with van der Waals surface area (Å²) in [5, 5.41) is 3.31. The lowest BCUT2D eigenvalue weighted by molar-refractivity contribution is 0.261. The molecule has 1 N–H and O–H groups in total. The Labute approximate surface area is 200 Å². The number of ether oxygens (including phenoxy) is 4. The predicted octanol–water partition coefficient (Wildman–Crippen LogP) is 5.61. The van der Waals surface area contributed by atoms with Crippen LogP contribution in [0.4, 0.5) is 11.6 Å². The smallest absolute Gasteiger partial charge is 0.227 e. The third kappa shape index (κ3) is 5.09. The first-order valence-electron chi connectivity index (χ1n) is 11.0. The molecule has 0 atom stereocenters. The van der Waals surface area contributed by atoms with Crippen molar-refractivity contribution in [3.8, 4) is 34.3 Å². The van der Waals surface area contributed by atoms with Crippen LogP contribution in [0, 0.1) is 0 Å². The molecule has 33 heavy (non-hydrogen) atoms. The Hall–Kier alpha value is -3.19. The van der Waals surface area contributed by atoms with E-state index >= 15 is 0 Å². The molecule has 2 aromatic carbocycles. The van der Waals surface area contributed by atoms with Gasteiger partial charge in [0, 0.05) is 35.1 Å². The van der Waals surface area contributed by atoms with E-state index in [0.29, 0.717) is 43.0 Å². The molecule has 0 bridgehead atoms. The number of halogens is 1. The summed E-state index contributed by atoms with van der Waals surface area (Å²) in [6, 6.07) is 9.85. The summed E-state index contributed by atoms with van der Waals surface area (Å²) >= 11 is 0. The summed E-state index contributed by atoms with van der Waals surface area (Å²) in [4.78, 5) is 9.39. The number of fused-ring (bicyclic) bond motifs is 3. The zero-order chi connectivity index (χ0) is 22.5. The zero-order valence-corrected chi connectivity index (χ0v) is 20.3. The van der Waals surface area contributed by atoms with E-state index in [0.717, 1.165) is 41.1 Å². The second kappa shape index (κ2) is 11.1. The van der Waals surface area contributed by atoms with E-state index < -0.39 is 0 Å². The van der Waals surface area contributed by atoms with E-state index in [1.807, 2.05) is 51.2 Å². The molecule has 0 saturated carbocycles. The van der Waals surface area contributed by atoms with Gasteiger partial charge in [0.25, 0.3) is 0 Å². The lowest BCUT2D eigenvalue weighted by Gasteiger charge is -2.21. The van der Waals surface area contributed by atoms with Crippen LogP contribution in [0.5, 0.6) is 23.0 Å². The lowest BCUT2D eigenvalue weighted by Crippen LogP contribution is -2.10. The summed E-state index contributed by atoms with van der Waals surface area (Å²) in [7, 11) is 1.70. The standard InChI is InChI=1S/C25H29N3O4.ClH/c1-5-30-21-13-17(14-22(31-6-2)24(21)32-7-3)27-25-26-15-16-11-12-18-19(23(16)28-25)9-8-10-20(18)29-4;/h8-10,13-15H,5-7,11-12H2,1-4H3,(H,26,27,28);1H. The molecule has 0 unspecified atom stereocenters. The van der Waals surface area contributed by atoms with Gasteiger partial charge in [0.05, 0.1) is 32.6 Å². The molecular formula is C25H30ClN3O4. The maximum absolute atomic E-state index is 5.82. The Morgan fingerprint density at radius 1 is 0.909 bits per heavy atom. The number of anilines is 2. The SMILES string of the molecule is CCOc1cc(Nc2ncc3c(n2)-c2cccc(OC)c2CC3)cc(OCC)c1OCC.Cl. The van der Waals surface area contributed by atoms with Crippen LogP contribution in [0.3, 0.4) is 0 Å². The van der Waals surface area contributed by atoms with Crippen molar-refractivity contribution in [2.24, 2.45) is 0 Å².